The summed E-state index contributed by atoms with van der Waals surface area (Å²) < 4.78 is 0. The molecule has 20 heavy (non-hydrogen) atoms. The summed E-state index contributed by atoms with van der Waals surface area (Å²) in [5.74, 6) is -0.230. The first kappa shape index (κ1) is 14.0. The highest BCUT2D eigenvalue weighted by atomic mass is 16.1. The van der Waals surface area contributed by atoms with Crippen molar-refractivity contribution < 1.29 is 4.79 Å². The Kier molecular flexibility index (Phi) is 4.32. The number of nitrogens with two attached hydrogens (primary N) is 1. The second kappa shape index (κ2) is 6.16. The lowest BCUT2D eigenvalue weighted by Crippen LogP contribution is -2.14. The number of pyridine rings is 1. The van der Waals surface area contributed by atoms with Crippen LogP contribution in [0, 0.1) is 0 Å². The van der Waals surface area contributed by atoms with E-state index in [1.807, 2.05) is 43.3 Å². The Morgan fingerprint density at radius 1 is 1.20 bits per heavy atom. The predicted molar refractivity (Wildman–Crippen MR) is 80.9 cm³/mol. The van der Waals surface area contributed by atoms with E-state index in [-0.39, 0.29) is 5.91 Å². The number of anilines is 2. The fourth-order valence-electron chi connectivity index (χ4n) is 1.72. The van der Waals surface area contributed by atoms with Crippen LogP contribution in [0.15, 0.2) is 42.6 Å². The van der Waals surface area contributed by atoms with Gasteiger partial charge in [0.25, 0.3) is 5.91 Å². The van der Waals surface area contributed by atoms with Crippen LogP contribution in [0.5, 0.6) is 0 Å². The molecular formula is C15H18N4O. The molecule has 104 valence electrons. The molecule has 2 rings (SSSR count). The van der Waals surface area contributed by atoms with E-state index in [4.69, 9.17) is 5.73 Å². The van der Waals surface area contributed by atoms with Crippen molar-refractivity contribution in [2.24, 2.45) is 5.73 Å². The lowest BCUT2D eigenvalue weighted by atomic mass is 10.2. The van der Waals surface area contributed by atoms with E-state index in [1.165, 1.54) is 0 Å². The lowest BCUT2D eigenvalue weighted by Gasteiger charge is -2.13. The molecule has 3 N–H and O–H groups in total. The number of rotatable bonds is 4. The van der Waals surface area contributed by atoms with Gasteiger partial charge in [-0.05, 0) is 35.9 Å². The molecule has 0 saturated heterocycles. The molecule has 5 heteroatoms. The second-order valence-electron chi connectivity index (χ2n) is 4.65. The van der Waals surface area contributed by atoms with Crippen LogP contribution < -0.4 is 16.0 Å². The fraction of sp³-hybridized carbons (Fsp3) is 0.200. The number of aromatic nitrogens is 1. The van der Waals surface area contributed by atoms with Gasteiger partial charge in [-0.3, -0.25) is 9.78 Å². The molecule has 1 amide bonds. The predicted octanol–water partition coefficient (Wildman–Crippen LogP) is 1.86. The molecular weight excluding hydrogens is 252 g/mol. The first-order valence-corrected chi connectivity index (χ1v) is 6.34. The molecule has 0 aliphatic heterocycles. The summed E-state index contributed by atoms with van der Waals surface area (Å²) in [7, 11) is 3.94. The zero-order valence-electron chi connectivity index (χ0n) is 11.6. The van der Waals surface area contributed by atoms with Gasteiger partial charge in [-0.2, -0.15) is 0 Å². The minimum absolute atomic E-state index is 0.230. The lowest BCUT2D eigenvalue weighted by molar-refractivity contribution is 0.102. The second-order valence-corrected chi connectivity index (χ2v) is 4.65. The van der Waals surface area contributed by atoms with Gasteiger partial charge >= 0.3 is 0 Å². The van der Waals surface area contributed by atoms with E-state index in [0.29, 0.717) is 12.2 Å². The van der Waals surface area contributed by atoms with Gasteiger partial charge in [-0.25, -0.2) is 0 Å². The Hall–Kier alpha value is -2.40. The van der Waals surface area contributed by atoms with Gasteiger partial charge < -0.3 is 16.0 Å². The van der Waals surface area contributed by atoms with Crippen molar-refractivity contribution in [3.63, 3.8) is 0 Å². The monoisotopic (exact) mass is 270 g/mol. The van der Waals surface area contributed by atoms with Gasteiger partial charge in [0.1, 0.15) is 5.69 Å². The van der Waals surface area contributed by atoms with Gasteiger partial charge in [-0.1, -0.05) is 6.07 Å². The quantitative estimate of drug-likeness (QED) is 0.889. The summed E-state index contributed by atoms with van der Waals surface area (Å²) in [6.45, 7) is 0.418. The van der Waals surface area contributed by atoms with E-state index in [9.17, 15) is 4.79 Å². The highest BCUT2D eigenvalue weighted by molar-refractivity contribution is 6.02. The number of carbonyl (C=O) groups is 1. The smallest absolute Gasteiger partial charge is 0.274 e. The zero-order valence-corrected chi connectivity index (χ0v) is 11.6. The summed E-state index contributed by atoms with van der Waals surface area (Å²) in [5.41, 5.74) is 8.59. The molecule has 0 spiro atoms. The maximum atomic E-state index is 12.0. The SMILES string of the molecule is CN(C)c1ccc(NC(=O)c2ccc(CN)cn2)cc1. The molecule has 1 aromatic carbocycles. The molecule has 1 heterocycles. The first-order chi connectivity index (χ1) is 9.60. The van der Waals surface area contributed by atoms with Crippen molar-refractivity contribution in [3.05, 3.63) is 53.9 Å². The van der Waals surface area contributed by atoms with Crippen molar-refractivity contribution in [1.82, 2.24) is 4.98 Å². The number of nitrogens with zero attached hydrogens (tertiary/aromatic N) is 2. The van der Waals surface area contributed by atoms with Crippen LogP contribution in [0.1, 0.15) is 16.1 Å². The molecule has 0 aliphatic rings. The molecule has 0 bridgehead atoms. The Morgan fingerprint density at radius 2 is 1.90 bits per heavy atom. The average molecular weight is 270 g/mol. The van der Waals surface area contributed by atoms with Crippen LogP contribution in [0.25, 0.3) is 0 Å². The molecule has 0 radical (unpaired) electrons. The van der Waals surface area contributed by atoms with Gasteiger partial charge in [0.05, 0.1) is 0 Å². The molecule has 5 nitrogen and oxygen atoms in total. The Labute approximate surface area is 118 Å². The van der Waals surface area contributed by atoms with Gasteiger partial charge in [-0.15, -0.1) is 0 Å². The number of nitrogens with one attached hydrogen (secondary N) is 1. The Balaban J connectivity index is 2.06. The summed E-state index contributed by atoms with van der Waals surface area (Å²) in [6, 6.07) is 11.1. The number of hydrogen-bond donors (Lipinski definition) is 2. The number of benzene rings is 1. The maximum Gasteiger partial charge on any atom is 0.274 e. The number of amides is 1. The maximum absolute atomic E-state index is 12.0. The topological polar surface area (TPSA) is 71.2 Å². The van der Waals surface area contributed by atoms with Crippen molar-refractivity contribution in [3.8, 4) is 0 Å². The van der Waals surface area contributed by atoms with Crippen LogP contribution in [-0.2, 0) is 6.54 Å². The highest BCUT2D eigenvalue weighted by Crippen LogP contribution is 2.16. The Bertz CT molecular complexity index is 576. The normalized spacial score (nSPS) is 10.2. The van der Waals surface area contributed by atoms with E-state index in [0.717, 1.165) is 16.9 Å². The van der Waals surface area contributed by atoms with E-state index < -0.39 is 0 Å². The molecule has 0 atom stereocenters. The van der Waals surface area contributed by atoms with Crippen LogP contribution in [0.2, 0.25) is 0 Å². The van der Waals surface area contributed by atoms with Gasteiger partial charge in [0.2, 0.25) is 0 Å². The fourth-order valence-corrected chi connectivity index (χ4v) is 1.72. The standard InChI is InChI=1S/C15H18N4O/c1-19(2)13-6-4-12(5-7-13)18-15(20)14-8-3-11(9-16)10-17-14/h3-8,10H,9,16H2,1-2H3,(H,18,20). The van der Waals surface area contributed by atoms with Crippen LogP contribution in [-0.4, -0.2) is 25.0 Å². The number of hydrogen-bond acceptors (Lipinski definition) is 4. The van der Waals surface area contributed by atoms with Crippen molar-refractivity contribution in [1.29, 1.82) is 0 Å². The molecule has 2 aromatic rings. The third-order valence-corrected chi connectivity index (χ3v) is 2.93. The molecule has 0 unspecified atom stereocenters. The van der Waals surface area contributed by atoms with Gasteiger partial charge in [0, 0.05) is 38.2 Å². The summed E-state index contributed by atoms with van der Waals surface area (Å²) in [5, 5.41) is 2.81. The average Bonchev–Trinajstić information content (AvgIpc) is 2.48. The van der Waals surface area contributed by atoms with Gasteiger partial charge in [0.15, 0.2) is 0 Å². The molecule has 0 aliphatic carbocycles. The number of carbonyl (C=O) groups excluding carboxylic acids is 1. The zero-order chi connectivity index (χ0) is 14.5. The third kappa shape index (κ3) is 3.33. The van der Waals surface area contributed by atoms with E-state index in [1.54, 1.807) is 18.3 Å². The first-order valence-electron chi connectivity index (χ1n) is 6.34. The van der Waals surface area contributed by atoms with Crippen LogP contribution in [0.3, 0.4) is 0 Å². The Morgan fingerprint density at radius 3 is 2.40 bits per heavy atom. The summed E-state index contributed by atoms with van der Waals surface area (Å²) in [6.07, 6.45) is 1.62. The third-order valence-electron chi connectivity index (χ3n) is 2.93. The van der Waals surface area contributed by atoms with E-state index in [2.05, 4.69) is 10.3 Å². The summed E-state index contributed by atoms with van der Waals surface area (Å²) in [4.78, 5) is 18.1. The van der Waals surface area contributed by atoms with Crippen LogP contribution in [0.4, 0.5) is 11.4 Å². The highest BCUT2D eigenvalue weighted by Gasteiger charge is 2.07. The largest absolute Gasteiger partial charge is 0.378 e. The summed E-state index contributed by atoms with van der Waals surface area (Å²) >= 11 is 0. The van der Waals surface area contributed by atoms with Crippen molar-refractivity contribution in [2.75, 3.05) is 24.3 Å². The van der Waals surface area contributed by atoms with Crippen molar-refractivity contribution >= 4 is 17.3 Å². The minimum atomic E-state index is -0.230. The van der Waals surface area contributed by atoms with E-state index >= 15 is 0 Å². The molecule has 0 saturated carbocycles. The van der Waals surface area contributed by atoms with Crippen molar-refractivity contribution in [2.45, 2.75) is 6.54 Å². The molecule has 1 aromatic heterocycles. The minimum Gasteiger partial charge on any atom is -0.378 e. The molecule has 0 fully saturated rings. The van der Waals surface area contributed by atoms with Crippen LogP contribution >= 0.6 is 0 Å².